The summed E-state index contributed by atoms with van der Waals surface area (Å²) in [5, 5.41) is 8.24. The van der Waals surface area contributed by atoms with Crippen molar-refractivity contribution >= 4 is 5.82 Å². The zero-order valence-corrected chi connectivity index (χ0v) is 9.71. The lowest BCUT2D eigenvalue weighted by Gasteiger charge is -2.06. The van der Waals surface area contributed by atoms with Crippen molar-refractivity contribution in [1.29, 1.82) is 0 Å². The number of aryl methyl sites for hydroxylation is 2. The molecule has 17 heavy (non-hydrogen) atoms. The van der Waals surface area contributed by atoms with Crippen LogP contribution in [0.15, 0.2) is 23.1 Å². The first-order valence-corrected chi connectivity index (χ1v) is 5.14. The van der Waals surface area contributed by atoms with Gasteiger partial charge in [-0.05, 0) is 13.0 Å². The highest BCUT2D eigenvalue weighted by atomic mass is 16.1. The lowest BCUT2D eigenvalue weighted by molar-refractivity contribution is 0.637. The van der Waals surface area contributed by atoms with E-state index in [2.05, 4.69) is 15.6 Å². The molecule has 2 rings (SSSR count). The van der Waals surface area contributed by atoms with Gasteiger partial charge in [-0.25, -0.2) is 10.5 Å². The molecule has 0 unspecified atom stereocenters. The molecular weight excluding hydrogens is 220 g/mol. The summed E-state index contributed by atoms with van der Waals surface area (Å²) in [7, 11) is 1.78. The van der Waals surface area contributed by atoms with E-state index in [1.54, 1.807) is 24.0 Å². The van der Waals surface area contributed by atoms with Crippen molar-refractivity contribution < 1.29 is 0 Å². The highest BCUT2D eigenvalue weighted by Gasteiger charge is 2.13. The molecule has 0 amide bonds. The summed E-state index contributed by atoms with van der Waals surface area (Å²) in [5.41, 5.74) is 4.10. The Hall–Kier alpha value is -2.15. The van der Waals surface area contributed by atoms with Gasteiger partial charge in [0.2, 0.25) is 0 Å². The molecule has 7 heteroatoms. The Morgan fingerprint density at radius 1 is 1.53 bits per heavy atom. The molecule has 0 aliphatic heterocycles. The van der Waals surface area contributed by atoms with E-state index in [9.17, 15) is 4.79 Å². The number of nitrogens with one attached hydrogen (secondary N) is 1. The van der Waals surface area contributed by atoms with Gasteiger partial charge in [0.05, 0.1) is 12.2 Å². The fourth-order valence-corrected chi connectivity index (χ4v) is 1.73. The molecule has 0 aliphatic carbocycles. The van der Waals surface area contributed by atoms with E-state index < -0.39 is 0 Å². The van der Waals surface area contributed by atoms with Crippen LogP contribution in [-0.4, -0.2) is 19.6 Å². The first kappa shape index (κ1) is 11.3. The monoisotopic (exact) mass is 234 g/mol. The van der Waals surface area contributed by atoms with Crippen molar-refractivity contribution in [3.05, 3.63) is 39.9 Å². The van der Waals surface area contributed by atoms with Crippen molar-refractivity contribution in [3.8, 4) is 0 Å². The van der Waals surface area contributed by atoms with Gasteiger partial charge in [-0.3, -0.25) is 9.48 Å². The molecule has 0 saturated heterocycles. The highest BCUT2D eigenvalue weighted by molar-refractivity contribution is 5.46. The van der Waals surface area contributed by atoms with Gasteiger partial charge in [-0.2, -0.15) is 10.2 Å². The summed E-state index contributed by atoms with van der Waals surface area (Å²) < 4.78 is 3.00. The van der Waals surface area contributed by atoms with E-state index in [-0.39, 0.29) is 5.56 Å². The van der Waals surface area contributed by atoms with Gasteiger partial charge in [0.25, 0.3) is 5.56 Å². The molecule has 2 aromatic rings. The summed E-state index contributed by atoms with van der Waals surface area (Å²) >= 11 is 0. The third kappa shape index (κ3) is 2.04. The molecule has 0 aromatic carbocycles. The minimum atomic E-state index is -0.154. The largest absolute Gasteiger partial charge is 0.308 e. The van der Waals surface area contributed by atoms with Crippen LogP contribution in [0.1, 0.15) is 11.3 Å². The molecule has 0 fully saturated rings. The van der Waals surface area contributed by atoms with E-state index in [1.807, 2.05) is 6.92 Å². The third-order valence-corrected chi connectivity index (χ3v) is 2.58. The molecule has 2 aromatic heterocycles. The van der Waals surface area contributed by atoms with Gasteiger partial charge in [0, 0.05) is 24.9 Å². The molecule has 0 aliphatic rings. The summed E-state index contributed by atoms with van der Waals surface area (Å²) in [6.07, 6.45) is 1.57. The molecule has 0 bridgehead atoms. The number of hydrogen-bond donors (Lipinski definition) is 2. The number of nitrogens with two attached hydrogens (primary N) is 1. The highest BCUT2D eigenvalue weighted by Crippen LogP contribution is 2.17. The number of aromatic nitrogens is 4. The number of anilines is 1. The predicted octanol–water partition coefficient (Wildman–Crippen LogP) is -0.381. The topological polar surface area (TPSA) is 90.8 Å². The van der Waals surface area contributed by atoms with Crippen LogP contribution in [0.2, 0.25) is 0 Å². The molecular formula is C10H14N6O. The zero-order chi connectivity index (χ0) is 12.4. The molecule has 0 atom stereocenters. The van der Waals surface area contributed by atoms with E-state index in [4.69, 9.17) is 5.84 Å². The van der Waals surface area contributed by atoms with Gasteiger partial charge in [0.1, 0.15) is 5.82 Å². The second-order valence-corrected chi connectivity index (χ2v) is 3.70. The Kier molecular flexibility index (Phi) is 2.92. The van der Waals surface area contributed by atoms with Crippen LogP contribution in [0.5, 0.6) is 0 Å². The van der Waals surface area contributed by atoms with Crippen molar-refractivity contribution in [2.45, 2.75) is 13.5 Å². The van der Waals surface area contributed by atoms with E-state index in [1.165, 1.54) is 10.7 Å². The summed E-state index contributed by atoms with van der Waals surface area (Å²) in [4.78, 5) is 11.6. The van der Waals surface area contributed by atoms with Crippen molar-refractivity contribution in [1.82, 2.24) is 19.6 Å². The molecule has 0 saturated carbocycles. The van der Waals surface area contributed by atoms with Crippen LogP contribution in [-0.2, 0) is 13.6 Å². The van der Waals surface area contributed by atoms with Gasteiger partial charge < -0.3 is 5.43 Å². The Labute approximate surface area is 97.8 Å². The minimum Gasteiger partial charge on any atom is -0.308 e. The molecule has 7 nitrogen and oxygen atoms in total. The van der Waals surface area contributed by atoms with Crippen LogP contribution in [0.3, 0.4) is 0 Å². The van der Waals surface area contributed by atoms with Crippen LogP contribution < -0.4 is 16.8 Å². The molecule has 2 heterocycles. The Morgan fingerprint density at radius 3 is 2.94 bits per heavy atom. The van der Waals surface area contributed by atoms with E-state index >= 15 is 0 Å². The number of nitrogens with zero attached hydrogens (tertiary/aromatic N) is 4. The number of nitrogen functional groups attached to an aromatic ring is 1. The van der Waals surface area contributed by atoms with Crippen molar-refractivity contribution in [3.63, 3.8) is 0 Å². The molecule has 3 N–H and O–H groups in total. The molecule has 0 spiro atoms. The lowest BCUT2D eigenvalue weighted by atomic mass is 10.2. The first-order chi connectivity index (χ1) is 8.13. The van der Waals surface area contributed by atoms with Crippen LogP contribution in [0.25, 0.3) is 0 Å². The van der Waals surface area contributed by atoms with Crippen LogP contribution in [0, 0.1) is 6.92 Å². The third-order valence-electron chi connectivity index (χ3n) is 2.58. The zero-order valence-electron chi connectivity index (χ0n) is 9.71. The Bertz CT molecular complexity index is 585. The summed E-state index contributed by atoms with van der Waals surface area (Å²) in [6, 6.07) is 3.07. The maximum atomic E-state index is 11.6. The Balaban J connectivity index is 2.43. The maximum Gasteiger partial charge on any atom is 0.267 e. The predicted molar refractivity (Wildman–Crippen MR) is 63.4 cm³/mol. The Morgan fingerprint density at radius 2 is 2.29 bits per heavy atom. The van der Waals surface area contributed by atoms with E-state index in [0.29, 0.717) is 12.4 Å². The standard InChI is InChI=1S/C10H14N6O/c1-7-8(10(13-11)15(2)14-7)6-16-9(17)4-3-5-12-16/h3-5,13H,6,11H2,1-2H3. The molecule has 0 radical (unpaired) electrons. The quantitative estimate of drug-likeness (QED) is 0.558. The fraction of sp³-hybridized carbons (Fsp3) is 0.300. The van der Waals surface area contributed by atoms with Gasteiger partial charge in [-0.1, -0.05) is 0 Å². The fourth-order valence-electron chi connectivity index (χ4n) is 1.73. The second kappa shape index (κ2) is 4.38. The van der Waals surface area contributed by atoms with Crippen LogP contribution >= 0.6 is 0 Å². The number of hydrogen-bond acceptors (Lipinski definition) is 5. The minimum absolute atomic E-state index is 0.154. The van der Waals surface area contributed by atoms with E-state index in [0.717, 1.165) is 11.3 Å². The number of rotatable bonds is 3. The van der Waals surface area contributed by atoms with Crippen molar-refractivity contribution in [2.75, 3.05) is 5.43 Å². The summed E-state index contributed by atoms with van der Waals surface area (Å²) in [6.45, 7) is 2.21. The SMILES string of the molecule is Cc1nn(C)c(NN)c1Cn1ncccc1=O. The molecule has 90 valence electrons. The average molecular weight is 234 g/mol. The lowest BCUT2D eigenvalue weighted by Crippen LogP contribution is -2.23. The van der Waals surface area contributed by atoms with Crippen LogP contribution in [0.4, 0.5) is 5.82 Å². The van der Waals surface area contributed by atoms with Gasteiger partial charge >= 0.3 is 0 Å². The maximum absolute atomic E-state index is 11.6. The summed E-state index contributed by atoms with van der Waals surface area (Å²) in [5.74, 6) is 6.12. The van der Waals surface area contributed by atoms with Gasteiger partial charge in [-0.15, -0.1) is 0 Å². The van der Waals surface area contributed by atoms with Gasteiger partial charge in [0.15, 0.2) is 0 Å². The number of hydrazine groups is 1. The van der Waals surface area contributed by atoms with Crippen molar-refractivity contribution in [2.24, 2.45) is 12.9 Å². The normalized spacial score (nSPS) is 10.5. The first-order valence-electron chi connectivity index (χ1n) is 5.14. The second-order valence-electron chi connectivity index (χ2n) is 3.70. The smallest absolute Gasteiger partial charge is 0.267 e. The average Bonchev–Trinajstić information content (AvgIpc) is 2.56.